The SMILES string of the molecule is Cc1cc(S(=O)(=O)NCCNC(=O)C(C)Cl)c(C)s1. The summed E-state index contributed by atoms with van der Waals surface area (Å²) in [5.41, 5.74) is 0. The lowest BCUT2D eigenvalue weighted by Gasteiger charge is -2.08. The van der Waals surface area contributed by atoms with Crippen LogP contribution in [0.2, 0.25) is 0 Å². The van der Waals surface area contributed by atoms with Crippen molar-refractivity contribution in [2.45, 2.75) is 31.0 Å². The minimum Gasteiger partial charge on any atom is -0.354 e. The Bertz CT molecular complexity index is 552. The van der Waals surface area contributed by atoms with Gasteiger partial charge < -0.3 is 5.32 Å². The molecule has 1 rings (SSSR count). The van der Waals surface area contributed by atoms with Crippen LogP contribution in [-0.2, 0) is 14.8 Å². The predicted molar refractivity (Wildman–Crippen MR) is 77.3 cm³/mol. The van der Waals surface area contributed by atoms with Crippen LogP contribution in [0.15, 0.2) is 11.0 Å². The molecule has 1 heterocycles. The fraction of sp³-hybridized carbons (Fsp3) is 0.545. The fourth-order valence-corrected chi connectivity index (χ4v) is 4.13. The van der Waals surface area contributed by atoms with Crippen molar-refractivity contribution in [3.63, 3.8) is 0 Å². The van der Waals surface area contributed by atoms with E-state index in [-0.39, 0.29) is 19.0 Å². The molecular weight excluding hydrogens is 308 g/mol. The van der Waals surface area contributed by atoms with Gasteiger partial charge in [-0.15, -0.1) is 22.9 Å². The third-order valence-electron chi connectivity index (χ3n) is 2.36. The maximum absolute atomic E-state index is 12.0. The van der Waals surface area contributed by atoms with E-state index < -0.39 is 15.4 Å². The highest BCUT2D eigenvalue weighted by molar-refractivity contribution is 7.89. The molecule has 0 aromatic carbocycles. The van der Waals surface area contributed by atoms with Crippen LogP contribution < -0.4 is 10.0 Å². The average Bonchev–Trinajstić information content (AvgIpc) is 2.64. The zero-order valence-corrected chi connectivity index (χ0v) is 13.4. The highest BCUT2D eigenvalue weighted by Gasteiger charge is 2.18. The van der Waals surface area contributed by atoms with Gasteiger partial charge in [0, 0.05) is 22.8 Å². The lowest BCUT2D eigenvalue weighted by Crippen LogP contribution is -2.37. The maximum atomic E-state index is 12.0. The van der Waals surface area contributed by atoms with Gasteiger partial charge in [-0.25, -0.2) is 13.1 Å². The second-order valence-corrected chi connectivity index (χ2v) is 7.93. The van der Waals surface area contributed by atoms with Gasteiger partial charge in [0.2, 0.25) is 15.9 Å². The van der Waals surface area contributed by atoms with Crippen LogP contribution in [0.3, 0.4) is 0 Å². The molecule has 8 heteroatoms. The number of carbonyl (C=O) groups is 1. The van der Waals surface area contributed by atoms with Crippen molar-refractivity contribution in [2.24, 2.45) is 0 Å². The van der Waals surface area contributed by atoms with Gasteiger partial charge in [-0.2, -0.15) is 0 Å². The number of halogens is 1. The average molecular weight is 325 g/mol. The number of hydrogen-bond donors (Lipinski definition) is 2. The monoisotopic (exact) mass is 324 g/mol. The van der Waals surface area contributed by atoms with E-state index in [2.05, 4.69) is 10.0 Å². The number of thiophene rings is 1. The predicted octanol–water partition coefficient (Wildman–Crippen LogP) is 1.39. The Hall–Kier alpha value is -0.630. The van der Waals surface area contributed by atoms with E-state index in [1.165, 1.54) is 11.3 Å². The van der Waals surface area contributed by atoms with E-state index in [9.17, 15) is 13.2 Å². The van der Waals surface area contributed by atoms with Crippen molar-refractivity contribution in [3.05, 3.63) is 15.8 Å². The maximum Gasteiger partial charge on any atom is 0.241 e. The number of alkyl halides is 1. The number of carbonyl (C=O) groups excluding carboxylic acids is 1. The van der Waals surface area contributed by atoms with E-state index in [1.54, 1.807) is 19.9 Å². The highest BCUT2D eigenvalue weighted by Crippen LogP contribution is 2.24. The van der Waals surface area contributed by atoms with E-state index in [1.807, 2.05) is 6.92 Å². The van der Waals surface area contributed by atoms with Gasteiger partial charge in [0.05, 0.1) is 4.90 Å². The summed E-state index contributed by atoms with van der Waals surface area (Å²) in [4.78, 5) is 13.2. The van der Waals surface area contributed by atoms with Gasteiger partial charge in [0.1, 0.15) is 5.38 Å². The van der Waals surface area contributed by atoms with Crippen molar-refractivity contribution < 1.29 is 13.2 Å². The summed E-state index contributed by atoms with van der Waals surface area (Å²) in [6.07, 6.45) is 0. The Labute approximate surface area is 122 Å². The summed E-state index contributed by atoms with van der Waals surface area (Å²) in [7, 11) is -3.51. The second kappa shape index (κ2) is 6.69. The zero-order chi connectivity index (χ0) is 14.6. The molecule has 0 bridgehead atoms. The summed E-state index contributed by atoms with van der Waals surface area (Å²) in [5, 5.41) is 1.90. The molecule has 0 saturated carbocycles. The van der Waals surface area contributed by atoms with E-state index in [4.69, 9.17) is 11.6 Å². The Morgan fingerprint density at radius 1 is 1.42 bits per heavy atom. The number of hydrogen-bond acceptors (Lipinski definition) is 4. The number of nitrogens with one attached hydrogen (secondary N) is 2. The van der Waals surface area contributed by atoms with Crippen molar-refractivity contribution >= 4 is 38.9 Å². The largest absolute Gasteiger partial charge is 0.354 e. The molecule has 0 radical (unpaired) electrons. The summed E-state index contributed by atoms with van der Waals surface area (Å²) in [5.74, 6) is -0.316. The first-order valence-corrected chi connectivity index (χ1v) is 8.46. The topological polar surface area (TPSA) is 75.3 Å². The molecule has 0 spiro atoms. The molecule has 0 aliphatic rings. The molecule has 0 aliphatic heterocycles. The van der Waals surface area contributed by atoms with Gasteiger partial charge in [0.25, 0.3) is 0 Å². The van der Waals surface area contributed by atoms with Crippen LogP contribution in [0, 0.1) is 13.8 Å². The number of aryl methyl sites for hydroxylation is 2. The normalized spacial score (nSPS) is 13.3. The Balaban J connectivity index is 2.53. The van der Waals surface area contributed by atoms with Crippen LogP contribution in [0.25, 0.3) is 0 Å². The smallest absolute Gasteiger partial charge is 0.241 e. The highest BCUT2D eigenvalue weighted by atomic mass is 35.5. The van der Waals surface area contributed by atoms with Crippen LogP contribution in [0.1, 0.15) is 16.7 Å². The molecule has 0 fully saturated rings. The van der Waals surface area contributed by atoms with E-state index in [0.717, 1.165) is 9.75 Å². The van der Waals surface area contributed by atoms with E-state index >= 15 is 0 Å². The summed E-state index contributed by atoms with van der Waals surface area (Å²) in [6, 6.07) is 1.64. The first kappa shape index (κ1) is 16.4. The lowest BCUT2D eigenvalue weighted by molar-refractivity contribution is -0.120. The Kier molecular flexibility index (Phi) is 5.79. The minimum absolute atomic E-state index is 0.131. The Morgan fingerprint density at radius 3 is 2.53 bits per heavy atom. The molecule has 2 N–H and O–H groups in total. The zero-order valence-electron chi connectivity index (χ0n) is 11.0. The molecule has 1 atom stereocenters. The molecule has 0 aliphatic carbocycles. The molecular formula is C11H17ClN2O3S2. The van der Waals surface area contributed by atoms with Crippen molar-refractivity contribution in [2.75, 3.05) is 13.1 Å². The second-order valence-electron chi connectivity index (χ2n) is 4.08. The van der Waals surface area contributed by atoms with Gasteiger partial charge in [-0.3, -0.25) is 4.79 Å². The third kappa shape index (κ3) is 4.76. The van der Waals surface area contributed by atoms with Crippen molar-refractivity contribution in [1.29, 1.82) is 0 Å². The standard InChI is InChI=1S/C11H17ClN2O3S2/c1-7-6-10(9(3)18-7)19(16,17)14-5-4-13-11(15)8(2)12/h6,8,14H,4-5H2,1-3H3,(H,13,15). The molecule has 19 heavy (non-hydrogen) atoms. The molecule has 0 saturated heterocycles. The lowest BCUT2D eigenvalue weighted by atomic mass is 10.4. The number of amides is 1. The summed E-state index contributed by atoms with van der Waals surface area (Å²) in [6.45, 7) is 5.52. The number of rotatable bonds is 6. The quantitative estimate of drug-likeness (QED) is 0.613. The van der Waals surface area contributed by atoms with Crippen LogP contribution in [0.4, 0.5) is 0 Å². The third-order valence-corrected chi connectivity index (χ3v) is 5.24. The first-order valence-electron chi connectivity index (χ1n) is 5.72. The van der Waals surface area contributed by atoms with Crippen molar-refractivity contribution in [1.82, 2.24) is 10.0 Å². The van der Waals surface area contributed by atoms with Gasteiger partial charge in [-0.1, -0.05) is 0 Å². The number of sulfonamides is 1. The van der Waals surface area contributed by atoms with Crippen LogP contribution in [-0.4, -0.2) is 32.8 Å². The summed E-state index contributed by atoms with van der Waals surface area (Å²) >= 11 is 7.00. The molecule has 1 amide bonds. The van der Waals surface area contributed by atoms with E-state index in [0.29, 0.717) is 4.90 Å². The molecule has 1 unspecified atom stereocenters. The van der Waals surface area contributed by atoms with Gasteiger partial charge in [-0.05, 0) is 26.8 Å². The van der Waals surface area contributed by atoms with Crippen molar-refractivity contribution in [3.8, 4) is 0 Å². The van der Waals surface area contributed by atoms with Crippen LogP contribution in [0.5, 0.6) is 0 Å². The first-order chi connectivity index (χ1) is 8.74. The van der Waals surface area contributed by atoms with Gasteiger partial charge >= 0.3 is 0 Å². The molecule has 5 nitrogen and oxygen atoms in total. The minimum atomic E-state index is -3.51. The Morgan fingerprint density at radius 2 is 2.05 bits per heavy atom. The summed E-state index contributed by atoms with van der Waals surface area (Å²) < 4.78 is 26.4. The molecule has 108 valence electrons. The van der Waals surface area contributed by atoms with Gasteiger partial charge in [0.15, 0.2) is 0 Å². The molecule has 1 aromatic rings. The van der Waals surface area contributed by atoms with Crippen LogP contribution >= 0.6 is 22.9 Å². The fourth-order valence-electron chi connectivity index (χ4n) is 1.46. The molecule has 1 aromatic heterocycles.